The molecule has 1 aliphatic heterocycles. The third-order valence-electron chi connectivity index (χ3n) is 6.18. The van der Waals surface area contributed by atoms with Crippen LogP contribution in [0.4, 0.5) is 0 Å². The van der Waals surface area contributed by atoms with Crippen LogP contribution in [-0.4, -0.2) is 70.7 Å². The lowest BCUT2D eigenvalue weighted by Crippen LogP contribution is -2.58. The lowest BCUT2D eigenvalue weighted by atomic mass is 9.89. The second-order valence-electron chi connectivity index (χ2n) is 11.4. The molecule has 0 bridgehead atoms. The van der Waals surface area contributed by atoms with Gasteiger partial charge in [-0.2, -0.15) is 0 Å². The highest BCUT2D eigenvalue weighted by Gasteiger charge is 2.31. The van der Waals surface area contributed by atoms with Gasteiger partial charge in [0.15, 0.2) is 0 Å². The first-order valence-corrected chi connectivity index (χ1v) is 13.8. The second-order valence-corrected chi connectivity index (χ2v) is 11.4. The summed E-state index contributed by atoms with van der Waals surface area (Å²) in [7, 11) is 0. The summed E-state index contributed by atoms with van der Waals surface area (Å²) >= 11 is 0. The predicted octanol–water partition coefficient (Wildman–Crippen LogP) is 1.78. The number of aliphatic hydroxyl groups is 2. The van der Waals surface area contributed by atoms with Crippen LogP contribution in [-0.2, 0) is 19.2 Å². The van der Waals surface area contributed by atoms with E-state index in [9.17, 15) is 29.4 Å². The van der Waals surface area contributed by atoms with Crippen LogP contribution in [0.2, 0.25) is 0 Å². The predicted molar refractivity (Wildman–Crippen MR) is 151 cm³/mol. The van der Waals surface area contributed by atoms with E-state index in [0.29, 0.717) is 5.41 Å². The number of allylic oxidation sites excluding steroid dienone is 3. The minimum Gasteiger partial charge on any atom is -0.393 e. The summed E-state index contributed by atoms with van der Waals surface area (Å²) in [5, 5.41) is 30.8. The molecule has 0 spiro atoms. The lowest BCUT2D eigenvalue weighted by molar-refractivity contribution is -0.134. The summed E-state index contributed by atoms with van der Waals surface area (Å²) in [4.78, 5) is 49.9. The third kappa shape index (κ3) is 15.9. The van der Waals surface area contributed by atoms with Gasteiger partial charge in [-0.25, -0.2) is 0 Å². The first kappa shape index (κ1) is 34.0. The first-order valence-electron chi connectivity index (χ1n) is 13.8. The number of hydrogen-bond acceptors (Lipinski definition) is 6. The van der Waals surface area contributed by atoms with E-state index in [1.165, 1.54) is 38.0 Å². The highest BCUT2D eigenvalue weighted by Crippen LogP contribution is 2.22. The van der Waals surface area contributed by atoms with Gasteiger partial charge < -0.3 is 31.5 Å². The Hall–Kier alpha value is -2.98. The molecule has 10 heteroatoms. The molecule has 0 aromatic carbocycles. The van der Waals surface area contributed by atoms with Crippen molar-refractivity contribution in [3.8, 4) is 0 Å². The van der Waals surface area contributed by atoms with Crippen LogP contribution >= 0.6 is 0 Å². The molecule has 0 saturated carbocycles. The molecule has 0 saturated heterocycles. The number of rotatable bonds is 11. The van der Waals surface area contributed by atoms with Gasteiger partial charge in [-0.3, -0.25) is 19.2 Å². The maximum absolute atomic E-state index is 12.9. The summed E-state index contributed by atoms with van der Waals surface area (Å²) in [6.07, 6.45) is 12.8. The summed E-state index contributed by atoms with van der Waals surface area (Å²) in [6.45, 7) is 9.93. The zero-order chi connectivity index (χ0) is 29.4. The molecule has 220 valence electrons. The van der Waals surface area contributed by atoms with E-state index in [2.05, 4.69) is 42.0 Å². The summed E-state index contributed by atoms with van der Waals surface area (Å²) < 4.78 is 0. The van der Waals surface area contributed by atoms with E-state index in [-0.39, 0.29) is 25.3 Å². The molecule has 0 aliphatic carbocycles. The maximum atomic E-state index is 12.9. The van der Waals surface area contributed by atoms with Crippen molar-refractivity contribution in [2.24, 2.45) is 5.41 Å². The molecule has 1 rings (SSSR count). The Morgan fingerprint density at radius 2 is 1.90 bits per heavy atom. The number of carbonyl (C=O) groups is 4. The quantitative estimate of drug-likeness (QED) is 0.131. The third-order valence-corrected chi connectivity index (χ3v) is 6.18. The molecule has 0 unspecified atom stereocenters. The molecule has 5 atom stereocenters. The van der Waals surface area contributed by atoms with Crippen LogP contribution in [0.1, 0.15) is 79.6 Å². The number of aliphatic hydroxyl groups excluding tert-OH is 2. The Bertz CT molecular complexity index is 891. The van der Waals surface area contributed by atoms with Crippen LogP contribution in [0, 0.1) is 5.41 Å². The fourth-order valence-corrected chi connectivity index (χ4v) is 3.93. The molecule has 39 heavy (non-hydrogen) atoms. The van der Waals surface area contributed by atoms with E-state index in [1.807, 2.05) is 6.08 Å². The number of carbonyl (C=O) groups excluding carboxylic acids is 4. The molecule has 0 radical (unpaired) electrons. The van der Waals surface area contributed by atoms with Crippen LogP contribution in [0.3, 0.4) is 0 Å². The normalized spacial score (nSPS) is 23.7. The van der Waals surface area contributed by atoms with Gasteiger partial charge >= 0.3 is 0 Å². The zero-order valence-corrected chi connectivity index (χ0v) is 24.0. The Labute approximate surface area is 232 Å². The van der Waals surface area contributed by atoms with Gasteiger partial charge in [0.1, 0.15) is 12.1 Å². The Morgan fingerprint density at radius 3 is 2.56 bits per heavy atom. The van der Waals surface area contributed by atoms with Crippen molar-refractivity contribution < 1.29 is 29.4 Å². The SMILES string of the molecule is C[C@H]1/C=C\C(=O)NCC[C@H](O)C[C@H](NC(=O)[C@@H](NC(=O)/C=C/C=C/CCCCCC(C)(C)C)[C@@H](C)O)C(=O)N1. The summed E-state index contributed by atoms with van der Waals surface area (Å²) in [5.41, 5.74) is 0.351. The van der Waals surface area contributed by atoms with Gasteiger partial charge in [-0.15, -0.1) is 0 Å². The van der Waals surface area contributed by atoms with E-state index >= 15 is 0 Å². The van der Waals surface area contributed by atoms with Crippen molar-refractivity contribution in [2.45, 2.75) is 110 Å². The van der Waals surface area contributed by atoms with Crippen molar-refractivity contribution in [3.63, 3.8) is 0 Å². The van der Waals surface area contributed by atoms with Gasteiger partial charge in [-0.05, 0) is 44.9 Å². The fourth-order valence-electron chi connectivity index (χ4n) is 3.93. The first-order chi connectivity index (χ1) is 18.3. The Morgan fingerprint density at radius 1 is 1.18 bits per heavy atom. The fraction of sp³-hybridized carbons (Fsp3) is 0.655. The average Bonchev–Trinajstić information content (AvgIpc) is 2.83. The van der Waals surface area contributed by atoms with Gasteiger partial charge in [0.2, 0.25) is 23.6 Å². The molecular weight excluding hydrogens is 500 g/mol. The number of nitrogens with one attached hydrogen (secondary N) is 4. The van der Waals surface area contributed by atoms with Crippen molar-refractivity contribution in [3.05, 3.63) is 36.5 Å². The molecule has 4 amide bonds. The number of hydrogen-bond donors (Lipinski definition) is 6. The van der Waals surface area contributed by atoms with Crippen molar-refractivity contribution in [1.29, 1.82) is 0 Å². The molecule has 1 aliphatic rings. The molecule has 6 N–H and O–H groups in total. The highest BCUT2D eigenvalue weighted by molar-refractivity contribution is 5.95. The van der Waals surface area contributed by atoms with Gasteiger partial charge in [0.25, 0.3) is 0 Å². The lowest BCUT2D eigenvalue weighted by Gasteiger charge is -2.26. The van der Waals surface area contributed by atoms with Crippen molar-refractivity contribution in [1.82, 2.24) is 21.3 Å². The highest BCUT2D eigenvalue weighted by atomic mass is 16.3. The van der Waals surface area contributed by atoms with Crippen LogP contribution in [0.25, 0.3) is 0 Å². The van der Waals surface area contributed by atoms with Crippen molar-refractivity contribution in [2.75, 3.05) is 6.54 Å². The van der Waals surface area contributed by atoms with E-state index in [4.69, 9.17) is 0 Å². The zero-order valence-electron chi connectivity index (χ0n) is 24.0. The smallest absolute Gasteiger partial charge is 0.245 e. The summed E-state index contributed by atoms with van der Waals surface area (Å²) in [5.74, 6) is -2.21. The Kier molecular flexibility index (Phi) is 15.3. The molecule has 0 fully saturated rings. The molecule has 1 heterocycles. The van der Waals surface area contributed by atoms with Gasteiger partial charge in [0.05, 0.1) is 12.2 Å². The van der Waals surface area contributed by atoms with Crippen molar-refractivity contribution >= 4 is 23.6 Å². The van der Waals surface area contributed by atoms with Gasteiger partial charge in [0, 0.05) is 31.2 Å². The minimum absolute atomic E-state index is 0.106. The monoisotopic (exact) mass is 548 g/mol. The van der Waals surface area contributed by atoms with Crippen LogP contribution < -0.4 is 21.3 Å². The standard InChI is InChI=1S/C29H48N4O6/c1-20-14-15-24(36)30-18-16-22(35)19-23(27(38)31-20)32-28(39)26(21(2)34)33-25(37)13-11-9-7-6-8-10-12-17-29(3,4)5/h7,9,11,13-15,20-23,26,34-35H,6,8,10,12,16-19H2,1-5H3,(H,30,36)(H,31,38)(H,32,39)(H,33,37)/b9-7+,13-11+,15-14-/t20-,21+,22-,23-,26-/m0/s1. The average molecular weight is 549 g/mol. The number of unbranched alkanes of at least 4 members (excludes halogenated alkanes) is 3. The number of amides is 4. The topological polar surface area (TPSA) is 157 Å². The van der Waals surface area contributed by atoms with Crippen LogP contribution in [0.5, 0.6) is 0 Å². The van der Waals surface area contributed by atoms with E-state index < -0.39 is 48.1 Å². The second kappa shape index (κ2) is 17.6. The Balaban J connectivity index is 2.68. The maximum Gasteiger partial charge on any atom is 0.245 e. The van der Waals surface area contributed by atoms with Crippen LogP contribution in [0.15, 0.2) is 36.5 Å². The molecule has 0 aromatic rings. The molecular formula is C29H48N4O6. The largest absolute Gasteiger partial charge is 0.393 e. The van der Waals surface area contributed by atoms with Gasteiger partial charge in [-0.1, -0.05) is 57.9 Å². The van der Waals surface area contributed by atoms with E-state index in [1.54, 1.807) is 19.1 Å². The summed E-state index contributed by atoms with van der Waals surface area (Å²) in [6, 6.07) is -2.93. The molecule has 10 nitrogen and oxygen atoms in total. The van der Waals surface area contributed by atoms with E-state index in [0.717, 1.165) is 19.3 Å². The molecule has 0 aromatic heterocycles. The minimum atomic E-state index is -1.31.